The van der Waals surface area contributed by atoms with Crippen LogP contribution in [0.5, 0.6) is 0 Å². The zero-order valence-corrected chi connectivity index (χ0v) is 13.0. The maximum atomic E-state index is 12.0. The zero-order valence-electron chi connectivity index (χ0n) is 12.3. The smallest absolute Gasteiger partial charge is 0.243 e. The number of nitrogens with one attached hydrogen (secondary N) is 1. The van der Waals surface area contributed by atoms with Crippen LogP contribution in [0.3, 0.4) is 0 Å². The summed E-state index contributed by atoms with van der Waals surface area (Å²) in [6.07, 6.45) is 1.00. The minimum Gasteiger partial charge on any atom is -0.295 e. The Hall–Kier alpha value is -1.39. The van der Waals surface area contributed by atoms with Crippen LogP contribution in [0, 0.1) is 0 Å². The number of carbonyl (C=O) groups is 2. The van der Waals surface area contributed by atoms with Crippen molar-refractivity contribution >= 4 is 23.4 Å². The molecule has 1 unspecified atom stereocenters. The Bertz CT molecular complexity index is 613. The molecular weight excluding hydrogens is 288 g/mol. The normalized spacial score (nSPS) is 22.6. The Labute approximate surface area is 129 Å². The Morgan fingerprint density at radius 3 is 2.71 bits per heavy atom. The zero-order chi connectivity index (χ0) is 15.1. The summed E-state index contributed by atoms with van der Waals surface area (Å²) in [4.78, 5) is 25.4. The molecule has 1 N–H and O–H groups in total. The number of carbonyl (C=O) groups excluding carboxylic acids is 2. The van der Waals surface area contributed by atoms with Crippen LogP contribution in [-0.2, 0) is 22.7 Å². The highest BCUT2D eigenvalue weighted by Crippen LogP contribution is 2.36. The second-order valence-electron chi connectivity index (χ2n) is 6.13. The van der Waals surface area contributed by atoms with E-state index in [4.69, 9.17) is 11.6 Å². The molecule has 4 nitrogen and oxygen atoms in total. The van der Waals surface area contributed by atoms with Crippen LogP contribution in [-0.4, -0.2) is 22.8 Å². The van der Waals surface area contributed by atoms with Gasteiger partial charge in [0.15, 0.2) is 0 Å². The molecule has 0 radical (unpaired) electrons. The number of rotatable bonds is 2. The number of nitrogens with zero attached hydrogens (tertiary/aromatic N) is 1. The van der Waals surface area contributed by atoms with Crippen LogP contribution < -0.4 is 5.32 Å². The standard InChI is InChI=1S/C16H19ClN2O2/c1-9(2)11-4-3-10-7-19(8-12(10)15(11)17)13-5-6-14(20)18-16(13)21/h3-4,9,13H,5-8H2,1-2H3,(H,18,20,21). The van der Waals surface area contributed by atoms with Crippen molar-refractivity contribution in [3.05, 3.63) is 33.8 Å². The predicted octanol–water partition coefficient (Wildman–Crippen LogP) is 2.58. The molecule has 1 saturated heterocycles. The monoisotopic (exact) mass is 306 g/mol. The molecule has 0 spiro atoms. The van der Waals surface area contributed by atoms with Crippen molar-refractivity contribution in [1.29, 1.82) is 0 Å². The third kappa shape index (κ3) is 2.58. The highest BCUT2D eigenvalue weighted by atomic mass is 35.5. The van der Waals surface area contributed by atoms with Gasteiger partial charge in [-0.2, -0.15) is 0 Å². The van der Waals surface area contributed by atoms with Crippen molar-refractivity contribution in [2.45, 2.75) is 51.7 Å². The van der Waals surface area contributed by atoms with Gasteiger partial charge in [0, 0.05) is 24.5 Å². The van der Waals surface area contributed by atoms with E-state index in [1.54, 1.807) is 0 Å². The van der Waals surface area contributed by atoms with E-state index < -0.39 is 0 Å². The number of piperidine rings is 1. The maximum Gasteiger partial charge on any atom is 0.243 e. The fourth-order valence-electron chi connectivity index (χ4n) is 3.17. The first kappa shape index (κ1) is 14.5. The van der Waals surface area contributed by atoms with Crippen LogP contribution in [0.2, 0.25) is 5.02 Å². The number of benzene rings is 1. The van der Waals surface area contributed by atoms with Crippen molar-refractivity contribution in [3.8, 4) is 0 Å². The second kappa shape index (κ2) is 5.43. The predicted molar refractivity (Wildman–Crippen MR) is 81.0 cm³/mol. The lowest BCUT2D eigenvalue weighted by Gasteiger charge is -2.29. The van der Waals surface area contributed by atoms with Crippen LogP contribution in [0.4, 0.5) is 0 Å². The quantitative estimate of drug-likeness (QED) is 0.854. The van der Waals surface area contributed by atoms with Crippen molar-refractivity contribution in [1.82, 2.24) is 10.2 Å². The number of halogens is 1. The fraction of sp³-hybridized carbons (Fsp3) is 0.500. The second-order valence-corrected chi connectivity index (χ2v) is 6.51. The summed E-state index contributed by atoms with van der Waals surface area (Å²) in [6, 6.07) is 3.97. The van der Waals surface area contributed by atoms with Crippen LogP contribution in [0.1, 0.15) is 49.3 Å². The third-order valence-corrected chi connectivity index (χ3v) is 4.82. The Balaban J connectivity index is 1.83. The van der Waals surface area contributed by atoms with Gasteiger partial charge in [0.1, 0.15) is 0 Å². The number of imide groups is 1. The molecule has 2 amide bonds. The van der Waals surface area contributed by atoms with Crippen LogP contribution >= 0.6 is 11.6 Å². The van der Waals surface area contributed by atoms with Crippen LogP contribution in [0.25, 0.3) is 0 Å². The molecule has 0 saturated carbocycles. The topological polar surface area (TPSA) is 49.4 Å². The molecule has 21 heavy (non-hydrogen) atoms. The van der Waals surface area contributed by atoms with Gasteiger partial charge in [0.25, 0.3) is 0 Å². The van der Waals surface area contributed by atoms with Gasteiger partial charge in [-0.1, -0.05) is 37.6 Å². The van der Waals surface area contributed by atoms with Gasteiger partial charge < -0.3 is 0 Å². The first-order chi connectivity index (χ1) is 9.97. The molecule has 1 aromatic rings. The van der Waals surface area contributed by atoms with Gasteiger partial charge in [-0.25, -0.2) is 0 Å². The van der Waals surface area contributed by atoms with E-state index in [1.807, 2.05) is 0 Å². The summed E-state index contributed by atoms with van der Waals surface area (Å²) in [6.45, 7) is 5.65. The van der Waals surface area contributed by atoms with Crippen molar-refractivity contribution in [2.24, 2.45) is 0 Å². The lowest BCUT2D eigenvalue weighted by molar-refractivity contribution is -0.137. The van der Waals surface area contributed by atoms with Gasteiger partial charge in [-0.3, -0.25) is 19.8 Å². The first-order valence-electron chi connectivity index (χ1n) is 7.35. The van der Waals surface area contributed by atoms with E-state index in [2.05, 4.69) is 36.2 Å². The van der Waals surface area contributed by atoms with Crippen molar-refractivity contribution in [2.75, 3.05) is 0 Å². The average Bonchev–Trinajstić information content (AvgIpc) is 2.83. The average molecular weight is 307 g/mol. The molecule has 5 heteroatoms. The molecule has 2 aliphatic heterocycles. The summed E-state index contributed by atoms with van der Waals surface area (Å²) < 4.78 is 0. The first-order valence-corrected chi connectivity index (χ1v) is 7.73. The summed E-state index contributed by atoms with van der Waals surface area (Å²) in [5, 5.41) is 3.26. The van der Waals surface area contributed by atoms with Gasteiger partial charge in [0.05, 0.1) is 6.04 Å². The Kier molecular flexibility index (Phi) is 3.76. The van der Waals surface area contributed by atoms with E-state index in [1.165, 1.54) is 5.56 Å². The van der Waals surface area contributed by atoms with Gasteiger partial charge in [-0.15, -0.1) is 0 Å². The fourth-order valence-corrected chi connectivity index (χ4v) is 3.64. The molecule has 2 heterocycles. The Morgan fingerprint density at radius 1 is 1.29 bits per heavy atom. The molecular formula is C16H19ClN2O2. The van der Waals surface area contributed by atoms with E-state index >= 15 is 0 Å². The number of hydrogen-bond donors (Lipinski definition) is 1. The Morgan fingerprint density at radius 2 is 2.05 bits per heavy atom. The lowest BCUT2D eigenvalue weighted by Crippen LogP contribution is -2.50. The number of hydrogen-bond acceptors (Lipinski definition) is 3. The molecule has 112 valence electrons. The highest BCUT2D eigenvalue weighted by molar-refractivity contribution is 6.32. The molecule has 0 aromatic heterocycles. The van der Waals surface area contributed by atoms with E-state index in [9.17, 15) is 9.59 Å². The maximum absolute atomic E-state index is 12.0. The van der Waals surface area contributed by atoms with Gasteiger partial charge >= 0.3 is 0 Å². The summed E-state index contributed by atoms with van der Waals surface area (Å²) in [7, 11) is 0. The molecule has 2 aliphatic rings. The SMILES string of the molecule is CC(C)c1ccc2c(c1Cl)CN(C1CCC(=O)NC1=O)C2. The minimum atomic E-state index is -0.228. The highest BCUT2D eigenvalue weighted by Gasteiger charge is 2.35. The van der Waals surface area contributed by atoms with Gasteiger partial charge in [0.2, 0.25) is 11.8 Å². The lowest BCUT2D eigenvalue weighted by atomic mass is 9.98. The summed E-state index contributed by atoms with van der Waals surface area (Å²) in [5.74, 6) is 0.0276. The largest absolute Gasteiger partial charge is 0.295 e. The molecule has 1 aromatic carbocycles. The van der Waals surface area contributed by atoms with Gasteiger partial charge in [-0.05, 0) is 29.0 Å². The molecule has 3 rings (SSSR count). The number of amides is 2. The van der Waals surface area contributed by atoms with E-state index in [0.717, 1.165) is 22.7 Å². The summed E-state index contributed by atoms with van der Waals surface area (Å²) >= 11 is 6.53. The third-order valence-electron chi connectivity index (χ3n) is 4.38. The summed E-state index contributed by atoms with van der Waals surface area (Å²) in [5.41, 5.74) is 3.47. The van der Waals surface area contributed by atoms with E-state index in [-0.39, 0.29) is 17.9 Å². The van der Waals surface area contributed by atoms with Crippen LogP contribution in [0.15, 0.2) is 12.1 Å². The minimum absolute atomic E-state index is 0.173. The number of fused-ring (bicyclic) bond motifs is 1. The molecule has 1 fully saturated rings. The molecule has 0 aliphatic carbocycles. The molecule has 1 atom stereocenters. The van der Waals surface area contributed by atoms with Crippen molar-refractivity contribution < 1.29 is 9.59 Å². The van der Waals surface area contributed by atoms with Crippen molar-refractivity contribution in [3.63, 3.8) is 0 Å². The van der Waals surface area contributed by atoms with E-state index in [0.29, 0.717) is 25.3 Å². The molecule has 0 bridgehead atoms.